The highest BCUT2D eigenvalue weighted by Crippen LogP contribution is 2.20. The van der Waals surface area contributed by atoms with Gasteiger partial charge < -0.3 is 10.1 Å². The fourth-order valence-corrected chi connectivity index (χ4v) is 2.40. The molecule has 0 bridgehead atoms. The highest BCUT2D eigenvalue weighted by atomic mass is 79.9. The van der Waals surface area contributed by atoms with Crippen molar-refractivity contribution >= 4 is 33.2 Å². The van der Waals surface area contributed by atoms with E-state index < -0.39 is 0 Å². The van der Waals surface area contributed by atoms with Gasteiger partial charge in [-0.05, 0) is 27.9 Å². The highest BCUT2D eigenvalue weighted by molar-refractivity contribution is 9.11. The van der Waals surface area contributed by atoms with Crippen LogP contribution in [-0.4, -0.2) is 25.7 Å². The van der Waals surface area contributed by atoms with Crippen LogP contribution in [0.4, 0.5) is 0 Å². The Hall–Kier alpha value is -0.390. The van der Waals surface area contributed by atoms with Gasteiger partial charge in [-0.1, -0.05) is 13.8 Å². The summed E-state index contributed by atoms with van der Waals surface area (Å²) in [6.45, 7) is 4.66. The van der Waals surface area contributed by atoms with Crippen molar-refractivity contribution in [2.24, 2.45) is 5.92 Å². The van der Waals surface area contributed by atoms with Gasteiger partial charge in [-0.15, -0.1) is 11.3 Å². The monoisotopic (exact) mass is 305 g/mol. The van der Waals surface area contributed by atoms with Crippen LogP contribution in [0, 0.1) is 5.92 Å². The summed E-state index contributed by atoms with van der Waals surface area (Å²) in [6.07, 6.45) is 0. The summed E-state index contributed by atoms with van der Waals surface area (Å²) >= 11 is 4.85. The predicted molar refractivity (Wildman–Crippen MR) is 70.0 cm³/mol. The second kappa shape index (κ2) is 6.37. The summed E-state index contributed by atoms with van der Waals surface area (Å²) in [5.41, 5.74) is 0.693. The lowest BCUT2D eigenvalue weighted by molar-refractivity contribution is 0.0867. The van der Waals surface area contributed by atoms with Gasteiger partial charge in [0.05, 0.1) is 22.0 Å². The third-order valence-corrected chi connectivity index (χ3v) is 3.80. The number of thiophene rings is 1. The van der Waals surface area contributed by atoms with Crippen molar-refractivity contribution in [1.82, 2.24) is 5.32 Å². The van der Waals surface area contributed by atoms with E-state index in [0.717, 1.165) is 3.79 Å². The molecule has 16 heavy (non-hydrogen) atoms. The third-order valence-electron chi connectivity index (χ3n) is 2.30. The lowest BCUT2D eigenvalue weighted by Crippen LogP contribution is -2.41. The molecule has 0 saturated heterocycles. The first kappa shape index (κ1) is 13.7. The molecule has 0 aliphatic carbocycles. The van der Waals surface area contributed by atoms with E-state index in [0.29, 0.717) is 18.1 Å². The molecule has 5 heteroatoms. The summed E-state index contributed by atoms with van der Waals surface area (Å²) < 4.78 is 6.05. The molecule has 0 spiro atoms. The fraction of sp³-hybridized carbons (Fsp3) is 0.545. The molecule has 3 nitrogen and oxygen atoms in total. The van der Waals surface area contributed by atoms with Crippen LogP contribution in [0.15, 0.2) is 15.2 Å². The molecule has 1 aromatic rings. The molecule has 0 aliphatic rings. The van der Waals surface area contributed by atoms with Crippen LogP contribution in [-0.2, 0) is 4.74 Å². The molecule has 1 unspecified atom stereocenters. The first-order valence-electron chi connectivity index (χ1n) is 5.08. The fourth-order valence-electron chi connectivity index (χ4n) is 1.26. The van der Waals surface area contributed by atoms with E-state index in [9.17, 15) is 4.79 Å². The molecule has 1 heterocycles. The normalized spacial score (nSPS) is 12.8. The van der Waals surface area contributed by atoms with Crippen LogP contribution in [0.1, 0.15) is 24.2 Å². The van der Waals surface area contributed by atoms with Gasteiger partial charge >= 0.3 is 0 Å². The first-order chi connectivity index (χ1) is 7.54. The van der Waals surface area contributed by atoms with Crippen LogP contribution < -0.4 is 5.32 Å². The number of amides is 1. The van der Waals surface area contributed by atoms with E-state index in [1.807, 2.05) is 11.4 Å². The number of ether oxygens (including phenoxy) is 1. The van der Waals surface area contributed by atoms with E-state index in [1.54, 1.807) is 7.11 Å². The maximum absolute atomic E-state index is 11.9. The Morgan fingerprint density at radius 3 is 2.75 bits per heavy atom. The lowest BCUT2D eigenvalue weighted by atomic mass is 10.1. The second-order valence-electron chi connectivity index (χ2n) is 3.92. The molecular formula is C11H16BrNO2S. The Morgan fingerprint density at radius 2 is 2.31 bits per heavy atom. The summed E-state index contributed by atoms with van der Waals surface area (Å²) in [7, 11) is 1.64. The molecular weight excluding hydrogens is 290 g/mol. The molecule has 0 radical (unpaired) electrons. The minimum atomic E-state index is -0.0438. The SMILES string of the molecule is COCC(NC(=O)c1csc(Br)c1)C(C)C. The molecule has 0 fully saturated rings. The number of halogens is 1. The molecule has 0 aromatic carbocycles. The molecule has 90 valence electrons. The van der Waals surface area contributed by atoms with Crippen molar-refractivity contribution in [3.8, 4) is 0 Å². The zero-order valence-electron chi connectivity index (χ0n) is 9.62. The van der Waals surface area contributed by atoms with Crippen molar-refractivity contribution < 1.29 is 9.53 Å². The number of rotatable bonds is 5. The van der Waals surface area contributed by atoms with Crippen molar-refractivity contribution in [3.05, 3.63) is 20.8 Å². The number of nitrogens with one attached hydrogen (secondary N) is 1. The third kappa shape index (κ3) is 3.88. The summed E-state index contributed by atoms with van der Waals surface area (Å²) in [5, 5.41) is 4.81. The van der Waals surface area contributed by atoms with Gasteiger partial charge in [0, 0.05) is 12.5 Å². The Bertz CT molecular complexity index is 352. The Balaban J connectivity index is 2.61. The second-order valence-corrected chi connectivity index (χ2v) is 6.21. The van der Waals surface area contributed by atoms with E-state index >= 15 is 0 Å². The molecule has 1 atom stereocenters. The number of hydrogen-bond donors (Lipinski definition) is 1. The van der Waals surface area contributed by atoms with E-state index in [1.165, 1.54) is 11.3 Å². The Labute approximate surface area is 108 Å². The Kier molecular flexibility index (Phi) is 5.44. The van der Waals surface area contributed by atoms with Crippen LogP contribution in [0.3, 0.4) is 0 Å². The van der Waals surface area contributed by atoms with Crippen molar-refractivity contribution in [1.29, 1.82) is 0 Å². The van der Waals surface area contributed by atoms with Crippen LogP contribution in [0.2, 0.25) is 0 Å². The topological polar surface area (TPSA) is 38.3 Å². The number of carbonyl (C=O) groups excluding carboxylic acids is 1. The summed E-state index contributed by atoms with van der Waals surface area (Å²) in [6, 6.07) is 1.88. The minimum absolute atomic E-state index is 0.0438. The largest absolute Gasteiger partial charge is 0.383 e. The van der Waals surface area contributed by atoms with Crippen LogP contribution in [0.5, 0.6) is 0 Å². The van der Waals surface area contributed by atoms with Gasteiger partial charge in [0.2, 0.25) is 0 Å². The lowest BCUT2D eigenvalue weighted by Gasteiger charge is -2.21. The van der Waals surface area contributed by atoms with Gasteiger partial charge in [0.1, 0.15) is 0 Å². The summed E-state index contributed by atoms with van der Waals surface area (Å²) in [5.74, 6) is 0.309. The standard InChI is InChI=1S/C11H16BrNO2S/c1-7(2)9(5-15-3)13-11(14)8-4-10(12)16-6-8/h4,6-7,9H,5H2,1-3H3,(H,13,14). The van der Waals surface area contributed by atoms with Crippen molar-refractivity contribution in [2.75, 3.05) is 13.7 Å². The minimum Gasteiger partial charge on any atom is -0.383 e. The van der Waals surface area contributed by atoms with E-state index in [2.05, 4.69) is 35.1 Å². The highest BCUT2D eigenvalue weighted by Gasteiger charge is 2.17. The molecule has 0 aliphatic heterocycles. The molecule has 1 amide bonds. The van der Waals surface area contributed by atoms with Crippen LogP contribution in [0.25, 0.3) is 0 Å². The van der Waals surface area contributed by atoms with Crippen molar-refractivity contribution in [2.45, 2.75) is 19.9 Å². The smallest absolute Gasteiger partial charge is 0.252 e. The Morgan fingerprint density at radius 1 is 1.62 bits per heavy atom. The van der Waals surface area contributed by atoms with E-state index in [4.69, 9.17) is 4.74 Å². The van der Waals surface area contributed by atoms with Gasteiger partial charge in [0.25, 0.3) is 5.91 Å². The zero-order chi connectivity index (χ0) is 12.1. The van der Waals surface area contributed by atoms with E-state index in [-0.39, 0.29) is 11.9 Å². The average molecular weight is 306 g/mol. The number of hydrogen-bond acceptors (Lipinski definition) is 3. The first-order valence-corrected chi connectivity index (χ1v) is 6.75. The van der Waals surface area contributed by atoms with Gasteiger partial charge in [-0.3, -0.25) is 4.79 Å². The zero-order valence-corrected chi connectivity index (χ0v) is 12.0. The van der Waals surface area contributed by atoms with Gasteiger partial charge in [-0.2, -0.15) is 0 Å². The maximum atomic E-state index is 11.9. The number of carbonyl (C=O) groups is 1. The maximum Gasteiger partial charge on any atom is 0.252 e. The van der Waals surface area contributed by atoms with Crippen LogP contribution >= 0.6 is 27.3 Å². The number of methoxy groups -OCH3 is 1. The van der Waals surface area contributed by atoms with Gasteiger partial charge in [-0.25, -0.2) is 0 Å². The van der Waals surface area contributed by atoms with Crippen molar-refractivity contribution in [3.63, 3.8) is 0 Å². The van der Waals surface area contributed by atoms with Gasteiger partial charge in [0.15, 0.2) is 0 Å². The predicted octanol–water partition coefficient (Wildman–Crippen LogP) is 2.91. The quantitative estimate of drug-likeness (QED) is 0.908. The molecule has 1 rings (SSSR count). The average Bonchev–Trinajstić information content (AvgIpc) is 2.64. The summed E-state index contributed by atoms with van der Waals surface area (Å²) in [4.78, 5) is 11.9. The molecule has 1 N–H and O–H groups in total. The molecule has 0 saturated carbocycles. The molecule has 1 aromatic heterocycles.